The summed E-state index contributed by atoms with van der Waals surface area (Å²) in [4.78, 5) is 24.5. The summed E-state index contributed by atoms with van der Waals surface area (Å²) in [5, 5.41) is 5.56. The summed E-state index contributed by atoms with van der Waals surface area (Å²) in [5.41, 5.74) is -1.53. The number of ether oxygens (including phenoxy) is 2. The summed E-state index contributed by atoms with van der Waals surface area (Å²) in [6.45, 7) is 9.47. The van der Waals surface area contributed by atoms with Gasteiger partial charge in [-0.1, -0.05) is 0 Å². The summed E-state index contributed by atoms with van der Waals surface area (Å²) >= 11 is 0. The fraction of sp³-hybridized carbons (Fsp3) is 0.556. The molecule has 1 aromatic rings. The van der Waals surface area contributed by atoms with E-state index in [4.69, 9.17) is 9.47 Å². The van der Waals surface area contributed by atoms with Crippen LogP contribution in [0.4, 0.5) is 0 Å². The van der Waals surface area contributed by atoms with E-state index in [2.05, 4.69) is 10.6 Å². The lowest BCUT2D eigenvalue weighted by Crippen LogP contribution is -2.53. The minimum Gasteiger partial charge on any atom is -0.497 e. The van der Waals surface area contributed by atoms with E-state index in [-0.39, 0.29) is 17.4 Å². The van der Waals surface area contributed by atoms with Gasteiger partial charge < -0.3 is 20.1 Å². The molecule has 6 nitrogen and oxygen atoms in total. The normalized spacial score (nSPS) is 11.6. The zero-order valence-electron chi connectivity index (χ0n) is 15.4. The number of carbonyl (C=O) groups is 2. The van der Waals surface area contributed by atoms with Gasteiger partial charge in [-0.25, -0.2) is 0 Å². The number of methoxy groups -OCH3 is 1. The fourth-order valence-corrected chi connectivity index (χ4v) is 1.83. The summed E-state index contributed by atoms with van der Waals surface area (Å²) in [7, 11) is 1.60. The van der Waals surface area contributed by atoms with Crippen molar-refractivity contribution in [2.24, 2.45) is 5.41 Å². The summed E-state index contributed by atoms with van der Waals surface area (Å²) < 4.78 is 10.6. The van der Waals surface area contributed by atoms with Gasteiger partial charge in [0, 0.05) is 5.54 Å². The van der Waals surface area contributed by atoms with Gasteiger partial charge >= 0.3 is 0 Å². The van der Waals surface area contributed by atoms with E-state index in [1.807, 2.05) is 20.8 Å². The van der Waals surface area contributed by atoms with Crippen LogP contribution in [-0.2, 0) is 9.59 Å². The third-order valence-corrected chi connectivity index (χ3v) is 3.34. The van der Waals surface area contributed by atoms with Crippen LogP contribution < -0.4 is 20.1 Å². The van der Waals surface area contributed by atoms with Gasteiger partial charge in [0.2, 0.25) is 11.8 Å². The Morgan fingerprint density at radius 1 is 0.958 bits per heavy atom. The highest BCUT2D eigenvalue weighted by Crippen LogP contribution is 2.18. The topological polar surface area (TPSA) is 76.7 Å². The van der Waals surface area contributed by atoms with Crippen LogP contribution in [0.5, 0.6) is 11.5 Å². The first-order valence-corrected chi connectivity index (χ1v) is 7.94. The molecule has 0 saturated heterocycles. The second kappa shape index (κ2) is 8.04. The first-order valence-electron chi connectivity index (χ1n) is 7.94. The van der Waals surface area contributed by atoms with Crippen molar-refractivity contribution in [1.29, 1.82) is 0 Å². The molecule has 24 heavy (non-hydrogen) atoms. The number of benzene rings is 1. The van der Waals surface area contributed by atoms with E-state index >= 15 is 0 Å². The summed E-state index contributed by atoms with van der Waals surface area (Å²) in [6.07, 6.45) is 0. The molecule has 0 bridgehead atoms. The molecule has 0 aliphatic rings. The Hall–Kier alpha value is -2.24. The van der Waals surface area contributed by atoms with E-state index in [1.165, 1.54) is 0 Å². The minimum absolute atomic E-state index is 0.302. The van der Waals surface area contributed by atoms with Gasteiger partial charge in [-0.05, 0) is 58.9 Å². The number of hydrogen-bond acceptors (Lipinski definition) is 4. The minimum atomic E-state index is -1.15. The van der Waals surface area contributed by atoms with Crippen LogP contribution in [0, 0.1) is 5.41 Å². The molecule has 0 fully saturated rings. The highest BCUT2D eigenvalue weighted by atomic mass is 16.5. The zero-order chi connectivity index (χ0) is 18.4. The number of hydrogen-bond donors (Lipinski definition) is 2. The standard InChI is InChI=1S/C18H28N2O4/c1-17(2,3)20-16(22)18(4,5)15(21)19-11-12-24-14-9-7-13(23-6)8-10-14/h7-10H,11-12H2,1-6H3,(H,19,21)(H,20,22). The molecular formula is C18H28N2O4. The Kier molecular flexibility index (Phi) is 6.63. The van der Waals surface area contributed by atoms with Crippen LogP contribution in [0.2, 0.25) is 0 Å². The number of carbonyl (C=O) groups excluding carboxylic acids is 2. The van der Waals surface area contributed by atoms with Crippen molar-refractivity contribution in [1.82, 2.24) is 10.6 Å². The second-order valence-electron chi connectivity index (χ2n) is 7.11. The van der Waals surface area contributed by atoms with Gasteiger partial charge in [-0.15, -0.1) is 0 Å². The lowest BCUT2D eigenvalue weighted by Gasteiger charge is -2.28. The lowest BCUT2D eigenvalue weighted by molar-refractivity contribution is -0.142. The highest BCUT2D eigenvalue weighted by molar-refractivity contribution is 6.04. The fourth-order valence-electron chi connectivity index (χ4n) is 1.83. The van der Waals surface area contributed by atoms with Gasteiger partial charge in [-0.2, -0.15) is 0 Å². The van der Waals surface area contributed by atoms with E-state index in [9.17, 15) is 9.59 Å². The molecule has 1 aromatic carbocycles. The summed E-state index contributed by atoms with van der Waals surface area (Å²) in [5.74, 6) is 0.809. The number of nitrogens with one attached hydrogen (secondary N) is 2. The number of amides is 2. The predicted molar refractivity (Wildman–Crippen MR) is 93.2 cm³/mol. The Balaban J connectivity index is 2.42. The molecule has 0 saturated carbocycles. The van der Waals surface area contributed by atoms with Gasteiger partial charge in [-0.3, -0.25) is 9.59 Å². The van der Waals surface area contributed by atoms with Crippen LogP contribution >= 0.6 is 0 Å². The van der Waals surface area contributed by atoms with Crippen molar-refractivity contribution < 1.29 is 19.1 Å². The van der Waals surface area contributed by atoms with Crippen molar-refractivity contribution in [3.05, 3.63) is 24.3 Å². The maximum absolute atomic E-state index is 12.2. The second-order valence-corrected chi connectivity index (χ2v) is 7.11. The molecule has 0 spiro atoms. The van der Waals surface area contributed by atoms with Crippen LogP contribution in [0.3, 0.4) is 0 Å². The van der Waals surface area contributed by atoms with Crippen molar-refractivity contribution in [3.63, 3.8) is 0 Å². The van der Waals surface area contributed by atoms with Gasteiger partial charge in [0.15, 0.2) is 0 Å². The molecule has 2 N–H and O–H groups in total. The predicted octanol–water partition coefficient (Wildman–Crippen LogP) is 2.13. The molecule has 0 atom stereocenters. The molecule has 0 aromatic heterocycles. The molecule has 6 heteroatoms. The van der Waals surface area contributed by atoms with E-state index < -0.39 is 5.41 Å². The molecule has 0 heterocycles. The SMILES string of the molecule is COc1ccc(OCCNC(=O)C(C)(C)C(=O)NC(C)(C)C)cc1. The van der Waals surface area contributed by atoms with Crippen LogP contribution in [0.15, 0.2) is 24.3 Å². The number of rotatable bonds is 7. The monoisotopic (exact) mass is 336 g/mol. The Bertz CT molecular complexity index is 559. The molecule has 1 rings (SSSR count). The molecule has 134 valence electrons. The van der Waals surface area contributed by atoms with Crippen molar-refractivity contribution >= 4 is 11.8 Å². The average Bonchev–Trinajstić information content (AvgIpc) is 2.50. The maximum Gasteiger partial charge on any atom is 0.235 e. The van der Waals surface area contributed by atoms with E-state index in [0.29, 0.717) is 18.9 Å². The lowest BCUT2D eigenvalue weighted by atomic mass is 9.89. The quantitative estimate of drug-likeness (QED) is 0.591. The molecule has 0 unspecified atom stereocenters. The largest absolute Gasteiger partial charge is 0.497 e. The van der Waals surface area contributed by atoms with Gasteiger partial charge in [0.25, 0.3) is 0 Å². The molecule has 0 radical (unpaired) electrons. The maximum atomic E-state index is 12.2. The van der Waals surface area contributed by atoms with Crippen LogP contribution in [-0.4, -0.2) is 37.6 Å². The summed E-state index contributed by atoms with van der Waals surface area (Å²) in [6, 6.07) is 7.18. The zero-order valence-corrected chi connectivity index (χ0v) is 15.4. The highest BCUT2D eigenvalue weighted by Gasteiger charge is 2.37. The first kappa shape index (κ1) is 19.8. The third-order valence-electron chi connectivity index (χ3n) is 3.34. The first-order chi connectivity index (χ1) is 11.1. The Morgan fingerprint density at radius 3 is 2.00 bits per heavy atom. The van der Waals surface area contributed by atoms with Crippen LogP contribution in [0.25, 0.3) is 0 Å². The Labute approximate surface area is 143 Å². The van der Waals surface area contributed by atoms with Crippen molar-refractivity contribution in [3.8, 4) is 11.5 Å². The average molecular weight is 336 g/mol. The smallest absolute Gasteiger partial charge is 0.235 e. The van der Waals surface area contributed by atoms with Gasteiger partial charge in [0.1, 0.15) is 23.5 Å². The molecule has 2 amide bonds. The molecule has 0 aliphatic carbocycles. The van der Waals surface area contributed by atoms with Crippen molar-refractivity contribution in [2.45, 2.75) is 40.2 Å². The molecular weight excluding hydrogens is 308 g/mol. The van der Waals surface area contributed by atoms with E-state index in [1.54, 1.807) is 45.2 Å². The van der Waals surface area contributed by atoms with Crippen molar-refractivity contribution in [2.75, 3.05) is 20.3 Å². The Morgan fingerprint density at radius 2 is 1.50 bits per heavy atom. The van der Waals surface area contributed by atoms with Crippen LogP contribution in [0.1, 0.15) is 34.6 Å². The van der Waals surface area contributed by atoms with Gasteiger partial charge in [0.05, 0.1) is 13.7 Å². The van der Waals surface area contributed by atoms with E-state index in [0.717, 1.165) is 5.75 Å². The molecule has 0 aliphatic heterocycles. The third kappa shape index (κ3) is 6.10.